The number of hydrogen-bond donors (Lipinski definition) is 1. The maximum absolute atomic E-state index is 13.0. The molecule has 0 unspecified atom stereocenters. The quantitative estimate of drug-likeness (QED) is 0.639. The van der Waals surface area contributed by atoms with Crippen LogP contribution in [0, 0.1) is 0 Å². The molecule has 0 aliphatic carbocycles. The molecule has 3 aromatic rings. The van der Waals surface area contributed by atoms with Crippen LogP contribution in [-0.4, -0.2) is 20.7 Å². The van der Waals surface area contributed by atoms with E-state index >= 15 is 0 Å². The molecule has 134 valence electrons. The van der Waals surface area contributed by atoms with E-state index in [2.05, 4.69) is 15.4 Å². The van der Waals surface area contributed by atoms with E-state index in [1.54, 1.807) is 12.3 Å². The molecule has 26 heavy (non-hydrogen) atoms. The predicted molar refractivity (Wildman–Crippen MR) is 90.8 cm³/mol. The minimum atomic E-state index is -4.56. The van der Waals surface area contributed by atoms with E-state index in [1.807, 2.05) is 0 Å². The lowest BCUT2D eigenvalue weighted by Gasteiger charge is -2.14. The third kappa shape index (κ3) is 3.81. The summed E-state index contributed by atoms with van der Waals surface area (Å²) in [7, 11) is 0. The van der Waals surface area contributed by atoms with Gasteiger partial charge in [0.2, 0.25) is 0 Å². The monoisotopic (exact) mass is 400 g/mol. The molecule has 1 N–H and O–H groups in total. The van der Waals surface area contributed by atoms with Gasteiger partial charge >= 0.3 is 6.18 Å². The summed E-state index contributed by atoms with van der Waals surface area (Å²) >= 11 is 11.5. The van der Waals surface area contributed by atoms with Gasteiger partial charge < -0.3 is 5.32 Å². The number of rotatable bonds is 3. The summed E-state index contributed by atoms with van der Waals surface area (Å²) in [4.78, 5) is 16.1. The van der Waals surface area contributed by atoms with Crippen molar-refractivity contribution in [2.24, 2.45) is 0 Å². The fourth-order valence-electron chi connectivity index (χ4n) is 2.16. The second-order valence-electron chi connectivity index (χ2n) is 5.13. The lowest BCUT2D eigenvalue weighted by Crippen LogP contribution is -2.16. The largest absolute Gasteiger partial charge is 0.416 e. The molecular weight excluding hydrogens is 392 g/mol. The number of pyridine rings is 1. The van der Waals surface area contributed by atoms with Gasteiger partial charge in [0.05, 0.1) is 27.5 Å². The van der Waals surface area contributed by atoms with Gasteiger partial charge in [0.15, 0.2) is 0 Å². The maximum Gasteiger partial charge on any atom is 0.416 e. The molecule has 10 heteroatoms. The highest BCUT2D eigenvalue weighted by Crippen LogP contribution is 2.33. The Morgan fingerprint density at radius 1 is 1.19 bits per heavy atom. The Bertz CT molecular complexity index is 959. The van der Waals surface area contributed by atoms with Crippen LogP contribution in [0.1, 0.15) is 15.9 Å². The summed E-state index contributed by atoms with van der Waals surface area (Å²) in [5.74, 6) is -0.691. The Morgan fingerprint density at radius 2 is 1.96 bits per heavy atom. The molecule has 0 saturated carbocycles. The van der Waals surface area contributed by atoms with Crippen molar-refractivity contribution in [2.75, 3.05) is 5.32 Å². The molecule has 5 nitrogen and oxygen atoms in total. The number of benzene rings is 1. The Kier molecular flexibility index (Phi) is 4.88. The number of alkyl halides is 3. The van der Waals surface area contributed by atoms with E-state index in [-0.39, 0.29) is 27.1 Å². The van der Waals surface area contributed by atoms with Gasteiger partial charge in [-0.3, -0.25) is 4.79 Å². The van der Waals surface area contributed by atoms with Crippen LogP contribution >= 0.6 is 23.2 Å². The fourth-order valence-corrected chi connectivity index (χ4v) is 2.43. The summed E-state index contributed by atoms with van der Waals surface area (Å²) in [6.45, 7) is 0. The molecule has 2 heterocycles. The van der Waals surface area contributed by atoms with Gasteiger partial charge in [0, 0.05) is 18.6 Å². The number of aromatic nitrogens is 3. The molecule has 3 rings (SSSR count). The zero-order valence-corrected chi connectivity index (χ0v) is 14.3. The highest BCUT2D eigenvalue weighted by Gasteiger charge is 2.31. The van der Waals surface area contributed by atoms with Crippen molar-refractivity contribution in [1.29, 1.82) is 0 Å². The minimum Gasteiger partial charge on any atom is -0.320 e. The first kappa shape index (κ1) is 18.2. The van der Waals surface area contributed by atoms with E-state index in [0.717, 1.165) is 12.1 Å². The van der Waals surface area contributed by atoms with Crippen LogP contribution in [0.5, 0.6) is 0 Å². The predicted octanol–water partition coefficient (Wildman–Crippen LogP) is 4.85. The summed E-state index contributed by atoms with van der Waals surface area (Å²) < 4.78 is 40.4. The molecular formula is C16H9Cl2F3N4O. The van der Waals surface area contributed by atoms with Crippen LogP contribution in [-0.2, 0) is 6.18 Å². The van der Waals surface area contributed by atoms with Crippen molar-refractivity contribution in [3.8, 4) is 5.69 Å². The number of carbonyl (C=O) groups excluding carboxylic acids is 1. The molecule has 0 atom stereocenters. The van der Waals surface area contributed by atoms with Gasteiger partial charge in [-0.2, -0.15) is 18.3 Å². The first-order valence-electron chi connectivity index (χ1n) is 7.09. The Balaban J connectivity index is 2.01. The Labute approximate surface area is 155 Å². The molecule has 0 bridgehead atoms. The second-order valence-corrected chi connectivity index (χ2v) is 5.90. The van der Waals surface area contributed by atoms with Gasteiger partial charge in [0.1, 0.15) is 5.15 Å². The average Bonchev–Trinajstić information content (AvgIpc) is 3.10. The van der Waals surface area contributed by atoms with Crippen LogP contribution < -0.4 is 5.32 Å². The van der Waals surface area contributed by atoms with Gasteiger partial charge in [-0.1, -0.05) is 23.2 Å². The molecule has 0 aliphatic rings. The van der Waals surface area contributed by atoms with Crippen LogP contribution in [0.3, 0.4) is 0 Å². The molecule has 0 spiro atoms. The Morgan fingerprint density at radius 3 is 2.58 bits per heavy atom. The number of amides is 1. The number of anilines is 1. The molecule has 0 radical (unpaired) electrons. The molecule has 2 aromatic heterocycles. The van der Waals surface area contributed by atoms with Crippen molar-refractivity contribution in [3.63, 3.8) is 0 Å². The SMILES string of the molecule is O=C(Nc1cc(C(F)(F)F)ccc1-n1cccn1)c1cnc(Cl)c(Cl)c1. The van der Waals surface area contributed by atoms with Crippen LogP contribution in [0.25, 0.3) is 5.69 Å². The summed E-state index contributed by atoms with van der Waals surface area (Å²) in [5.41, 5.74) is -0.664. The van der Waals surface area contributed by atoms with Gasteiger partial charge in [0.25, 0.3) is 5.91 Å². The molecule has 0 fully saturated rings. The number of halogens is 5. The lowest BCUT2D eigenvalue weighted by atomic mass is 10.1. The van der Waals surface area contributed by atoms with Gasteiger partial charge in [-0.25, -0.2) is 9.67 Å². The smallest absolute Gasteiger partial charge is 0.320 e. The molecule has 1 aromatic carbocycles. The number of hydrogen-bond acceptors (Lipinski definition) is 3. The zero-order chi connectivity index (χ0) is 18.9. The number of nitrogens with one attached hydrogen (secondary N) is 1. The number of carbonyl (C=O) groups is 1. The topological polar surface area (TPSA) is 59.8 Å². The molecule has 0 aliphatic heterocycles. The van der Waals surface area contributed by atoms with E-state index in [0.29, 0.717) is 0 Å². The second kappa shape index (κ2) is 6.97. The van der Waals surface area contributed by atoms with Gasteiger partial charge in [-0.15, -0.1) is 0 Å². The van der Waals surface area contributed by atoms with Gasteiger partial charge in [-0.05, 0) is 30.3 Å². The summed E-state index contributed by atoms with van der Waals surface area (Å²) in [5, 5.41) is 6.48. The first-order valence-corrected chi connectivity index (χ1v) is 7.85. The molecule has 1 amide bonds. The number of nitrogens with zero attached hydrogens (tertiary/aromatic N) is 3. The Hall–Kier alpha value is -2.58. The van der Waals surface area contributed by atoms with Crippen molar-refractivity contribution >= 4 is 34.8 Å². The standard InChI is InChI=1S/C16H9Cl2F3N4O/c17-11-6-9(8-22-14(11)18)15(26)24-12-7-10(16(19,20)21)2-3-13(12)25-5-1-4-23-25/h1-8H,(H,24,26). The van der Waals surface area contributed by atoms with Crippen molar-refractivity contribution in [1.82, 2.24) is 14.8 Å². The van der Waals surface area contributed by atoms with Crippen molar-refractivity contribution in [2.45, 2.75) is 6.18 Å². The van der Waals surface area contributed by atoms with E-state index in [9.17, 15) is 18.0 Å². The molecule has 0 saturated heterocycles. The first-order chi connectivity index (χ1) is 12.3. The normalized spacial score (nSPS) is 11.4. The van der Waals surface area contributed by atoms with Crippen LogP contribution in [0.15, 0.2) is 48.9 Å². The van der Waals surface area contributed by atoms with E-state index in [4.69, 9.17) is 23.2 Å². The zero-order valence-electron chi connectivity index (χ0n) is 12.8. The summed E-state index contributed by atoms with van der Waals surface area (Å²) in [6.07, 6.45) is -0.386. The lowest BCUT2D eigenvalue weighted by molar-refractivity contribution is -0.137. The highest BCUT2D eigenvalue weighted by atomic mass is 35.5. The fraction of sp³-hybridized carbons (Fsp3) is 0.0625. The van der Waals surface area contributed by atoms with Crippen molar-refractivity contribution < 1.29 is 18.0 Å². The minimum absolute atomic E-state index is 0.0134. The van der Waals surface area contributed by atoms with Crippen molar-refractivity contribution in [3.05, 3.63) is 70.2 Å². The summed E-state index contributed by atoms with van der Waals surface area (Å²) in [6, 6.07) is 5.84. The average molecular weight is 401 g/mol. The highest BCUT2D eigenvalue weighted by molar-refractivity contribution is 6.41. The third-order valence-corrected chi connectivity index (χ3v) is 4.07. The van der Waals surface area contributed by atoms with E-state index < -0.39 is 17.6 Å². The maximum atomic E-state index is 13.0. The third-order valence-electron chi connectivity index (χ3n) is 3.38. The van der Waals surface area contributed by atoms with E-state index in [1.165, 1.54) is 29.2 Å². The van der Waals surface area contributed by atoms with Crippen LogP contribution in [0.2, 0.25) is 10.2 Å². The van der Waals surface area contributed by atoms with Crippen LogP contribution in [0.4, 0.5) is 18.9 Å².